The lowest BCUT2D eigenvalue weighted by atomic mass is 10.3. The van der Waals surface area contributed by atoms with Crippen LogP contribution < -0.4 is 5.73 Å². The summed E-state index contributed by atoms with van der Waals surface area (Å²) in [5.74, 6) is -0.796. The minimum absolute atomic E-state index is 0.130. The Bertz CT molecular complexity index is 379. The molecule has 0 aromatic carbocycles. The van der Waals surface area contributed by atoms with E-state index in [4.69, 9.17) is 5.73 Å². The van der Waals surface area contributed by atoms with Crippen LogP contribution in [0.5, 0.6) is 0 Å². The van der Waals surface area contributed by atoms with Gasteiger partial charge in [0.2, 0.25) is 0 Å². The van der Waals surface area contributed by atoms with Crippen molar-refractivity contribution in [1.82, 2.24) is 4.98 Å². The first-order valence-corrected chi connectivity index (χ1v) is 3.91. The van der Waals surface area contributed by atoms with Gasteiger partial charge in [-0.3, -0.25) is 14.9 Å². The number of carbonyl (C=O) groups is 1. The van der Waals surface area contributed by atoms with Crippen LogP contribution in [0.25, 0.3) is 0 Å². The Morgan fingerprint density at radius 3 is 2.77 bits per heavy atom. The highest BCUT2D eigenvalue weighted by Gasteiger charge is 2.15. The normalized spacial score (nSPS) is 9.62. The number of rotatable bonds is 2. The number of carbonyl (C=O) groups excluding carboxylic acids is 1. The molecule has 0 aliphatic carbocycles. The Labute approximate surface area is 81.0 Å². The molecule has 0 aliphatic rings. The van der Waals surface area contributed by atoms with Crippen molar-refractivity contribution in [2.45, 2.75) is 0 Å². The molecule has 13 heavy (non-hydrogen) atoms. The number of pyridine rings is 1. The molecule has 0 radical (unpaired) electrons. The largest absolute Gasteiger partial charge is 0.364 e. The first kappa shape index (κ1) is 9.59. The summed E-state index contributed by atoms with van der Waals surface area (Å²) in [4.78, 5) is 24.0. The van der Waals surface area contributed by atoms with Crippen molar-refractivity contribution in [3.8, 4) is 0 Å². The van der Waals surface area contributed by atoms with Crippen LogP contribution in [0.4, 0.5) is 5.69 Å². The predicted molar refractivity (Wildman–Crippen MR) is 47.1 cm³/mol. The Morgan fingerprint density at radius 1 is 1.69 bits per heavy atom. The maximum absolute atomic E-state index is 10.6. The third-order valence-corrected chi connectivity index (χ3v) is 1.90. The third kappa shape index (κ3) is 2.00. The Kier molecular flexibility index (Phi) is 2.57. The number of amides is 1. The zero-order valence-electron chi connectivity index (χ0n) is 6.23. The number of nitrogens with zero attached hydrogens (tertiary/aromatic N) is 2. The number of nitrogens with two attached hydrogens (primary N) is 1. The molecule has 0 fully saturated rings. The van der Waals surface area contributed by atoms with E-state index in [1.807, 2.05) is 0 Å². The molecule has 0 saturated heterocycles. The van der Waals surface area contributed by atoms with Crippen molar-refractivity contribution in [1.29, 1.82) is 0 Å². The third-order valence-electron chi connectivity index (χ3n) is 1.28. The molecular formula is C6H4BrN3O3. The number of hydrogen-bond acceptors (Lipinski definition) is 4. The van der Waals surface area contributed by atoms with Crippen molar-refractivity contribution < 1.29 is 9.72 Å². The predicted octanol–water partition coefficient (Wildman–Crippen LogP) is 0.851. The number of primary amides is 1. The van der Waals surface area contributed by atoms with E-state index in [1.54, 1.807) is 0 Å². The highest BCUT2D eigenvalue weighted by atomic mass is 79.9. The van der Waals surface area contributed by atoms with Crippen molar-refractivity contribution in [2.75, 3.05) is 0 Å². The van der Waals surface area contributed by atoms with Gasteiger partial charge in [-0.25, -0.2) is 4.98 Å². The molecule has 1 heterocycles. The van der Waals surface area contributed by atoms with Crippen molar-refractivity contribution in [2.24, 2.45) is 5.73 Å². The second-order valence-corrected chi connectivity index (χ2v) is 3.00. The maximum Gasteiger partial charge on any atom is 0.287 e. The minimum Gasteiger partial charge on any atom is -0.364 e. The van der Waals surface area contributed by atoms with E-state index in [-0.39, 0.29) is 15.9 Å². The van der Waals surface area contributed by atoms with Crippen LogP contribution in [0, 0.1) is 10.1 Å². The Hall–Kier alpha value is -1.50. The van der Waals surface area contributed by atoms with Gasteiger partial charge in [0.25, 0.3) is 11.6 Å². The molecule has 1 rings (SSSR count). The van der Waals surface area contributed by atoms with Gasteiger partial charge in [0.15, 0.2) is 0 Å². The molecule has 0 bridgehead atoms. The van der Waals surface area contributed by atoms with Gasteiger partial charge in [-0.05, 0) is 15.9 Å². The van der Waals surface area contributed by atoms with E-state index in [2.05, 4.69) is 20.9 Å². The molecular weight excluding hydrogens is 242 g/mol. The first-order chi connectivity index (χ1) is 6.02. The van der Waals surface area contributed by atoms with Crippen molar-refractivity contribution in [3.05, 3.63) is 32.5 Å². The van der Waals surface area contributed by atoms with Gasteiger partial charge in [-0.15, -0.1) is 0 Å². The summed E-state index contributed by atoms with van der Waals surface area (Å²) >= 11 is 2.92. The van der Waals surface area contributed by atoms with Crippen LogP contribution in [0.3, 0.4) is 0 Å². The van der Waals surface area contributed by atoms with Gasteiger partial charge in [0.1, 0.15) is 10.2 Å². The fraction of sp³-hybridized carbons (Fsp3) is 0. The maximum atomic E-state index is 10.6. The van der Waals surface area contributed by atoms with E-state index >= 15 is 0 Å². The van der Waals surface area contributed by atoms with E-state index in [0.29, 0.717) is 0 Å². The van der Waals surface area contributed by atoms with E-state index in [1.165, 1.54) is 0 Å². The molecule has 1 amide bonds. The summed E-state index contributed by atoms with van der Waals surface area (Å²) in [5, 5.41) is 10.4. The summed E-state index contributed by atoms with van der Waals surface area (Å²) in [6.45, 7) is 0. The lowest BCUT2D eigenvalue weighted by molar-refractivity contribution is -0.385. The molecule has 6 nitrogen and oxygen atoms in total. The highest BCUT2D eigenvalue weighted by molar-refractivity contribution is 9.10. The molecule has 2 N–H and O–H groups in total. The molecule has 68 valence electrons. The molecule has 7 heteroatoms. The number of nitro groups is 1. The van der Waals surface area contributed by atoms with Gasteiger partial charge >= 0.3 is 0 Å². The standard InChI is InChI=1S/C6H4BrN3O3/c7-3-2-9-4(6(8)11)1-5(3)10(12)13/h1-2H,(H2,8,11). The zero-order chi connectivity index (χ0) is 10.0. The van der Waals surface area contributed by atoms with Crippen LogP contribution >= 0.6 is 15.9 Å². The number of hydrogen-bond donors (Lipinski definition) is 1. The van der Waals surface area contributed by atoms with E-state index in [0.717, 1.165) is 12.3 Å². The van der Waals surface area contributed by atoms with Gasteiger partial charge in [-0.2, -0.15) is 0 Å². The molecule has 0 spiro atoms. The lowest BCUT2D eigenvalue weighted by Crippen LogP contribution is -2.13. The Balaban J connectivity index is 3.27. The quantitative estimate of drug-likeness (QED) is 0.617. The first-order valence-electron chi connectivity index (χ1n) is 3.12. The monoisotopic (exact) mass is 245 g/mol. The fourth-order valence-corrected chi connectivity index (χ4v) is 1.06. The highest BCUT2D eigenvalue weighted by Crippen LogP contribution is 2.23. The van der Waals surface area contributed by atoms with Crippen LogP contribution in [-0.2, 0) is 0 Å². The zero-order valence-corrected chi connectivity index (χ0v) is 7.82. The molecule has 0 aliphatic heterocycles. The van der Waals surface area contributed by atoms with Gasteiger partial charge in [-0.1, -0.05) is 0 Å². The average molecular weight is 246 g/mol. The minimum atomic E-state index is -0.796. The number of aromatic nitrogens is 1. The summed E-state index contributed by atoms with van der Waals surface area (Å²) < 4.78 is 0.211. The van der Waals surface area contributed by atoms with Crippen LogP contribution in [0.2, 0.25) is 0 Å². The second-order valence-electron chi connectivity index (χ2n) is 2.14. The Morgan fingerprint density at radius 2 is 2.31 bits per heavy atom. The van der Waals surface area contributed by atoms with Crippen LogP contribution in [0.1, 0.15) is 10.5 Å². The lowest BCUT2D eigenvalue weighted by Gasteiger charge is -1.96. The summed E-state index contributed by atoms with van der Waals surface area (Å²) in [6, 6.07) is 1.02. The fourth-order valence-electron chi connectivity index (χ4n) is 0.703. The van der Waals surface area contributed by atoms with E-state index in [9.17, 15) is 14.9 Å². The molecule has 1 aromatic heterocycles. The van der Waals surface area contributed by atoms with Crippen LogP contribution in [0.15, 0.2) is 16.7 Å². The van der Waals surface area contributed by atoms with Gasteiger partial charge in [0.05, 0.1) is 4.92 Å². The summed E-state index contributed by atoms with van der Waals surface area (Å²) in [5.41, 5.74) is 4.53. The number of halogens is 1. The second kappa shape index (κ2) is 3.48. The molecule has 0 unspecified atom stereocenters. The average Bonchev–Trinajstić information content (AvgIpc) is 2.04. The van der Waals surface area contributed by atoms with Crippen molar-refractivity contribution >= 4 is 27.5 Å². The van der Waals surface area contributed by atoms with Gasteiger partial charge < -0.3 is 5.73 Å². The molecule has 1 aromatic rings. The smallest absolute Gasteiger partial charge is 0.287 e. The summed E-state index contributed by atoms with van der Waals surface area (Å²) in [6.07, 6.45) is 1.16. The van der Waals surface area contributed by atoms with Crippen LogP contribution in [-0.4, -0.2) is 15.8 Å². The molecule has 0 saturated carbocycles. The molecule has 0 atom stereocenters. The topological polar surface area (TPSA) is 99.1 Å². The van der Waals surface area contributed by atoms with Gasteiger partial charge in [0, 0.05) is 12.3 Å². The van der Waals surface area contributed by atoms with Crippen molar-refractivity contribution in [3.63, 3.8) is 0 Å². The SMILES string of the molecule is NC(=O)c1cc([N+](=O)[O-])c(Br)cn1. The van der Waals surface area contributed by atoms with E-state index < -0.39 is 10.8 Å². The summed E-state index contributed by atoms with van der Waals surface area (Å²) in [7, 11) is 0.